The van der Waals surface area contributed by atoms with Crippen molar-refractivity contribution in [3.63, 3.8) is 0 Å². The lowest BCUT2D eigenvalue weighted by atomic mass is 9.77. The van der Waals surface area contributed by atoms with Gasteiger partial charge >= 0.3 is 0 Å². The van der Waals surface area contributed by atoms with Gasteiger partial charge in [0.05, 0.1) is 23.9 Å². The van der Waals surface area contributed by atoms with E-state index >= 15 is 0 Å². The number of benzene rings is 3. The lowest BCUT2D eigenvalue weighted by Crippen LogP contribution is -2.39. The van der Waals surface area contributed by atoms with Gasteiger partial charge in [0.2, 0.25) is 10.0 Å². The molecule has 1 fully saturated rings. The van der Waals surface area contributed by atoms with Crippen molar-refractivity contribution in [1.29, 1.82) is 0 Å². The SMILES string of the molecule is CC(C)Oc1cc(CN2CCS(=O)(=O)CC2)cc(C(C)(C)c2cc(Cl)cc(NC(=O)[SH]3C=Cc4cc(NS(C)(=O)=O)ccc43)c2)c1. The van der Waals surface area contributed by atoms with E-state index in [0.29, 0.717) is 36.0 Å². The predicted octanol–water partition coefficient (Wildman–Crippen LogP) is 6.63. The molecule has 0 spiro atoms. The van der Waals surface area contributed by atoms with Gasteiger partial charge in [-0.15, -0.1) is 10.9 Å². The second-order valence-corrected chi connectivity index (χ2v) is 19.0. The third kappa shape index (κ3) is 8.46. The van der Waals surface area contributed by atoms with E-state index in [1.807, 2.05) is 49.6 Å². The second kappa shape index (κ2) is 13.2. The van der Waals surface area contributed by atoms with Gasteiger partial charge in [0.25, 0.3) is 5.24 Å². The Morgan fingerprint density at radius 2 is 1.72 bits per heavy atom. The number of hydrogen-bond acceptors (Lipinski definition) is 7. The van der Waals surface area contributed by atoms with Crippen LogP contribution in [0.4, 0.5) is 16.2 Å². The Hall–Kier alpha value is -3.03. The molecule has 0 bridgehead atoms. The van der Waals surface area contributed by atoms with Gasteiger partial charge in [-0.2, -0.15) is 0 Å². The Morgan fingerprint density at radius 1 is 1.02 bits per heavy atom. The highest BCUT2D eigenvalue weighted by molar-refractivity contribution is 8.32. The standard InChI is InChI=1S/C33H40ClN3O6S3/c1-22(2)43-30-15-23(21-37-9-12-46(41,42)13-10-37)14-25(19-30)33(3,4)26-17-27(34)20-29(18-26)35-32(38)44-11-8-24-16-28(6-7-31(24)44)36-45(5,39)40/h6-8,11,14-20,22,36,44H,9-10,12-13,21H2,1-5H3,(H,35,38). The average Bonchev–Trinajstić information content (AvgIpc) is 3.36. The van der Waals surface area contributed by atoms with Crippen LogP contribution in [-0.2, 0) is 31.8 Å². The maximum atomic E-state index is 13.5. The number of nitrogens with zero attached hydrogens (tertiary/aromatic N) is 1. The van der Waals surface area contributed by atoms with Gasteiger partial charge in [0, 0.05) is 46.3 Å². The highest BCUT2D eigenvalue weighted by Gasteiger charge is 2.28. The van der Waals surface area contributed by atoms with Crippen LogP contribution < -0.4 is 14.8 Å². The first-order valence-corrected chi connectivity index (χ1v) is 20.4. The zero-order valence-corrected chi connectivity index (χ0v) is 29.8. The summed E-state index contributed by atoms with van der Waals surface area (Å²) in [6.45, 7) is 9.74. The van der Waals surface area contributed by atoms with Crippen molar-refractivity contribution < 1.29 is 26.4 Å². The lowest BCUT2D eigenvalue weighted by Gasteiger charge is -2.30. The molecule has 13 heteroatoms. The van der Waals surface area contributed by atoms with Crippen LogP contribution in [0.3, 0.4) is 0 Å². The van der Waals surface area contributed by atoms with Crippen LogP contribution in [0.1, 0.15) is 49.9 Å². The van der Waals surface area contributed by atoms with E-state index in [9.17, 15) is 21.6 Å². The quantitative estimate of drug-likeness (QED) is 0.214. The summed E-state index contributed by atoms with van der Waals surface area (Å²) in [4.78, 5) is 16.5. The summed E-state index contributed by atoms with van der Waals surface area (Å²) in [5, 5.41) is 5.22. The second-order valence-electron chi connectivity index (χ2n) is 12.6. The summed E-state index contributed by atoms with van der Waals surface area (Å²) >= 11 is 6.62. The van der Waals surface area contributed by atoms with Gasteiger partial charge in [0.1, 0.15) is 5.75 Å². The third-order valence-electron chi connectivity index (χ3n) is 7.99. The van der Waals surface area contributed by atoms with E-state index in [1.165, 1.54) is 0 Å². The summed E-state index contributed by atoms with van der Waals surface area (Å²) < 4.78 is 55.8. The van der Waals surface area contributed by atoms with Crippen LogP contribution >= 0.6 is 22.5 Å². The predicted molar refractivity (Wildman–Crippen MR) is 190 cm³/mol. The van der Waals surface area contributed by atoms with Crippen molar-refractivity contribution in [2.24, 2.45) is 0 Å². The Morgan fingerprint density at radius 3 is 2.39 bits per heavy atom. The first-order chi connectivity index (χ1) is 21.5. The molecule has 9 nitrogen and oxygen atoms in total. The van der Waals surface area contributed by atoms with E-state index in [-0.39, 0.29) is 22.8 Å². The molecule has 1 unspecified atom stereocenters. The van der Waals surface area contributed by atoms with Crippen LogP contribution in [0.25, 0.3) is 6.08 Å². The lowest BCUT2D eigenvalue weighted by molar-refractivity contribution is 0.240. The normalized spacial score (nSPS) is 18.7. The zero-order chi connectivity index (χ0) is 33.4. The molecule has 3 aromatic carbocycles. The number of rotatable bonds is 9. The van der Waals surface area contributed by atoms with Crippen LogP contribution in [0.2, 0.25) is 5.02 Å². The summed E-state index contributed by atoms with van der Waals surface area (Å²) in [5.41, 5.74) is 4.21. The summed E-state index contributed by atoms with van der Waals surface area (Å²) in [6.07, 6.45) is 2.91. The number of amides is 1. The number of ether oxygens (including phenoxy) is 1. The molecule has 2 aliphatic heterocycles. The van der Waals surface area contributed by atoms with E-state index in [1.54, 1.807) is 24.3 Å². The molecule has 1 saturated heterocycles. The Kier molecular flexibility index (Phi) is 9.87. The summed E-state index contributed by atoms with van der Waals surface area (Å²) in [7, 11) is -7.72. The molecule has 5 rings (SSSR count). The minimum atomic E-state index is -3.42. The third-order valence-corrected chi connectivity index (χ3v) is 12.3. The fourth-order valence-electron chi connectivity index (χ4n) is 5.59. The van der Waals surface area contributed by atoms with Crippen LogP contribution in [0.15, 0.2) is 64.9 Å². The fraction of sp³-hybridized carbons (Fsp3) is 0.364. The number of carbonyl (C=O) groups excluding carboxylic acids is 1. The van der Waals surface area contributed by atoms with Gasteiger partial charge in [-0.05, 0) is 96.1 Å². The molecule has 2 aliphatic rings. The molecular formula is C33H40ClN3O6S3. The molecule has 46 heavy (non-hydrogen) atoms. The first-order valence-electron chi connectivity index (χ1n) is 14.9. The Labute approximate surface area is 279 Å². The monoisotopic (exact) mass is 705 g/mol. The molecule has 0 saturated carbocycles. The number of halogens is 1. The number of thiol groups is 1. The number of nitrogens with one attached hydrogen (secondary N) is 2. The van der Waals surface area contributed by atoms with Gasteiger partial charge in [-0.25, -0.2) is 16.8 Å². The van der Waals surface area contributed by atoms with E-state index in [4.69, 9.17) is 16.3 Å². The highest BCUT2D eigenvalue weighted by atomic mass is 35.5. The molecule has 0 radical (unpaired) electrons. The van der Waals surface area contributed by atoms with Crippen molar-refractivity contribution in [1.82, 2.24) is 4.90 Å². The largest absolute Gasteiger partial charge is 0.491 e. The first kappa shape index (κ1) is 34.3. The van der Waals surface area contributed by atoms with E-state index in [2.05, 4.69) is 34.9 Å². The van der Waals surface area contributed by atoms with Crippen molar-refractivity contribution in [2.75, 3.05) is 40.9 Å². The van der Waals surface area contributed by atoms with Gasteiger partial charge in [-0.3, -0.25) is 14.4 Å². The molecule has 2 N–H and O–H groups in total. The van der Waals surface area contributed by atoms with Crippen LogP contribution in [-0.4, -0.2) is 63.9 Å². The van der Waals surface area contributed by atoms with Crippen LogP contribution in [0.5, 0.6) is 5.75 Å². The Bertz CT molecular complexity index is 1900. The molecule has 0 aromatic heterocycles. The average molecular weight is 706 g/mol. The molecule has 1 amide bonds. The van der Waals surface area contributed by atoms with E-state index in [0.717, 1.165) is 39.2 Å². The number of sulfonamides is 1. The number of carbonyl (C=O) groups is 1. The van der Waals surface area contributed by atoms with Gasteiger partial charge in [-0.1, -0.05) is 31.5 Å². The molecule has 2 heterocycles. The summed E-state index contributed by atoms with van der Waals surface area (Å²) in [5.74, 6) is 1.06. The molecule has 1 atom stereocenters. The summed E-state index contributed by atoms with van der Waals surface area (Å²) in [6, 6.07) is 16.9. The van der Waals surface area contributed by atoms with Crippen LogP contribution in [0, 0.1) is 0 Å². The van der Waals surface area contributed by atoms with Gasteiger partial charge < -0.3 is 10.1 Å². The van der Waals surface area contributed by atoms with Gasteiger partial charge in [0.15, 0.2) is 9.84 Å². The molecule has 248 valence electrons. The Balaban J connectivity index is 1.39. The number of fused-ring (bicyclic) bond motifs is 1. The van der Waals surface area contributed by atoms with Crippen molar-refractivity contribution in [3.05, 3.63) is 87.3 Å². The van der Waals surface area contributed by atoms with Crippen molar-refractivity contribution >= 4 is 65.0 Å². The smallest absolute Gasteiger partial charge is 0.271 e. The molecular weight excluding hydrogens is 666 g/mol. The molecule has 0 aliphatic carbocycles. The number of hydrogen-bond donors (Lipinski definition) is 3. The zero-order valence-electron chi connectivity index (χ0n) is 26.5. The van der Waals surface area contributed by atoms with Crippen molar-refractivity contribution in [2.45, 2.75) is 50.7 Å². The maximum absolute atomic E-state index is 13.5. The fourth-order valence-corrected chi connectivity index (χ4v) is 9.38. The van der Waals surface area contributed by atoms with E-state index < -0.39 is 36.2 Å². The van der Waals surface area contributed by atoms with Crippen molar-refractivity contribution in [3.8, 4) is 5.75 Å². The molecule has 3 aromatic rings. The maximum Gasteiger partial charge on any atom is 0.271 e. The minimum absolute atomic E-state index is 0.0291. The number of anilines is 2. The highest BCUT2D eigenvalue weighted by Crippen LogP contribution is 2.48. The number of sulfone groups is 1. The minimum Gasteiger partial charge on any atom is -0.491 e. The topological polar surface area (TPSA) is 122 Å².